The summed E-state index contributed by atoms with van der Waals surface area (Å²) in [6, 6.07) is 15.0. The minimum atomic E-state index is 0.241. The second-order valence-electron chi connectivity index (χ2n) is 7.26. The molecule has 5 nitrogen and oxygen atoms in total. The molecule has 0 radical (unpaired) electrons. The molecule has 1 saturated heterocycles. The van der Waals surface area contributed by atoms with E-state index in [1.807, 2.05) is 23.2 Å². The summed E-state index contributed by atoms with van der Waals surface area (Å²) in [6.45, 7) is 6.02. The highest BCUT2D eigenvalue weighted by Crippen LogP contribution is 2.30. The van der Waals surface area contributed by atoms with E-state index < -0.39 is 0 Å². The van der Waals surface area contributed by atoms with Crippen molar-refractivity contribution < 1.29 is 9.78 Å². The molecule has 2 aliphatic heterocycles. The number of aromatic amines is 1. The summed E-state index contributed by atoms with van der Waals surface area (Å²) in [4.78, 5) is 22.8. The lowest BCUT2D eigenvalue weighted by atomic mass is 9.96. The van der Waals surface area contributed by atoms with Gasteiger partial charge in [0.05, 0.1) is 25.8 Å². The minimum absolute atomic E-state index is 0.241. The first-order valence-electron chi connectivity index (χ1n) is 9.56. The molecular weight excluding hydrogens is 324 g/mol. The Hall–Kier alpha value is -2.56. The number of benzene rings is 1. The van der Waals surface area contributed by atoms with Crippen LogP contribution in [0.4, 0.5) is 11.5 Å². The van der Waals surface area contributed by atoms with Crippen molar-refractivity contribution in [1.29, 1.82) is 0 Å². The van der Waals surface area contributed by atoms with Crippen LogP contribution in [0.15, 0.2) is 48.7 Å². The van der Waals surface area contributed by atoms with Gasteiger partial charge in [-0.15, -0.1) is 0 Å². The number of carbonyl (C=O) groups is 1. The number of piperazine rings is 1. The molecule has 0 spiro atoms. The second-order valence-corrected chi connectivity index (χ2v) is 7.26. The van der Waals surface area contributed by atoms with Crippen LogP contribution in [0.3, 0.4) is 0 Å². The van der Waals surface area contributed by atoms with E-state index >= 15 is 0 Å². The Morgan fingerprint density at radius 2 is 1.85 bits per heavy atom. The maximum Gasteiger partial charge on any atom is 0.274 e. The van der Waals surface area contributed by atoms with Gasteiger partial charge in [-0.2, -0.15) is 0 Å². The van der Waals surface area contributed by atoms with Crippen molar-refractivity contribution >= 4 is 17.4 Å². The van der Waals surface area contributed by atoms with Crippen LogP contribution in [0.5, 0.6) is 0 Å². The Labute approximate surface area is 155 Å². The van der Waals surface area contributed by atoms with Crippen molar-refractivity contribution in [1.82, 2.24) is 4.90 Å². The average molecular weight is 351 g/mol. The summed E-state index contributed by atoms with van der Waals surface area (Å²) in [6.07, 6.45) is 4.16. The number of anilines is 2. The van der Waals surface area contributed by atoms with Gasteiger partial charge in [0.15, 0.2) is 0 Å². The number of fused-ring (bicyclic) bond motifs is 1. The number of hydrogen-bond acceptors (Lipinski definition) is 3. The fraction of sp³-hybridized carbons (Fsp3) is 0.429. The molecule has 26 heavy (non-hydrogen) atoms. The van der Waals surface area contributed by atoms with Gasteiger partial charge >= 0.3 is 0 Å². The summed E-state index contributed by atoms with van der Waals surface area (Å²) < 4.78 is 0. The Morgan fingerprint density at radius 3 is 2.62 bits per heavy atom. The third-order valence-corrected chi connectivity index (χ3v) is 5.64. The number of H-pyrrole nitrogens is 1. The molecule has 3 heterocycles. The van der Waals surface area contributed by atoms with Gasteiger partial charge < -0.3 is 9.80 Å². The van der Waals surface area contributed by atoms with E-state index in [2.05, 4.69) is 52.0 Å². The van der Waals surface area contributed by atoms with Crippen LogP contribution in [0.1, 0.15) is 18.9 Å². The van der Waals surface area contributed by atoms with E-state index in [4.69, 9.17) is 0 Å². The van der Waals surface area contributed by atoms with Gasteiger partial charge in [-0.3, -0.25) is 9.69 Å². The summed E-state index contributed by atoms with van der Waals surface area (Å²) in [5, 5.41) is 0. The summed E-state index contributed by atoms with van der Waals surface area (Å²) >= 11 is 0. The quantitative estimate of drug-likeness (QED) is 0.849. The number of hydrogen-bond donors (Lipinski definition) is 0. The number of aromatic nitrogens is 1. The molecule has 136 valence electrons. The van der Waals surface area contributed by atoms with Crippen LogP contribution >= 0.6 is 0 Å². The molecule has 2 aromatic rings. The number of nitrogens with one attached hydrogen (secondary N) is 1. The molecule has 1 aromatic heterocycles. The van der Waals surface area contributed by atoms with Crippen molar-refractivity contribution in [2.75, 3.05) is 42.5 Å². The smallest absolute Gasteiger partial charge is 0.274 e. The van der Waals surface area contributed by atoms with Gasteiger partial charge in [0, 0.05) is 17.8 Å². The van der Waals surface area contributed by atoms with Crippen LogP contribution < -0.4 is 14.8 Å². The van der Waals surface area contributed by atoms with Crippen molar-refractivity contribution in [3.63, 3.8) is 0 Å². The molecule has 1 aromatic carbocycles. The predicted octanol–water partition coefficient (Wildman–Crippen LogP) is 1.99. The van der Waals surface area contributed by atoms with Crippen LogP contribution in [-0.4, -0.2) is 49.6 Å². The Bertz CT molecular complexity index is 756. The first-order chi connectivity index (χ1) is 12.7. The second kappa shape index (κ2) is 7.36. The Morgan fingerprint density at radius 1 is 1.08 bits per heavy atom. The van der Waals surface area contributed by atoms with Gasteiger partial charge in [-0.25, -0.2) is 4.98 Å². The average Bonchev–Trinajstić information content (AvgIpc) is 2.71. The van der Waals surface area contributed by atoms with Crippen molar-refractivity contribution in [2.24, 2.45) is 0 Å². The molecular formula is C21H27N4O+. The molecule has 4 rings (SSSR count). The number of para-hydroxylation sites is 1. The minimum Gasteiger partial charge on any atom is -0.359 e. The van der Waals surface area contributed by atoms with E-state index in [9.17, 15) is 4.79 Å². The topological polar surface area (TPSA) is 40.9 Å². The number of aryl methyl sites for hydroxylation is 1. The van der Waals surface area contributed by atoms with Crippen molar-refractivity contribution in [3.05, 3.63) is 54.2 Å². The zero-order valence-corrected chi connectivity index (χ0v) is 15.4. The molecule has 0 saturated carbocycles. The fourth-order valence-electron chi connectivity index (χ4n) is 4.02. The molecule has 0 unspecified atom stereocenters. The first-order valence-corrected chi connectivity index (χ1v) is 9.56. The van der Waals surface area contributed by atoms with Crippen molar-refractivity contribution in [3.8, 4) is 0 Å². The highest BCUT2D eigenvalue weighted by molar-refractivity contribution is 5.82. The predicted molar refractivity (Wildman–Crippen MR) is 103 cm³/mol. The number of rotatable bonds is 3. The molecule has 1 N–H and O–H groups in total. The largest absolute Gasteiger partial charge is 0.359 e. The zero-order chi connectivity index (χ0) is 17.9. The van der Waals surface area contributed by atoms with Gasteiger partial charge in [-0.1, -0.05) is 24.3 Å². The molecule has 0 bridgehead atoms. The molecule has 1 atom stereocenters. The van der Waals surface area contributed by atoms with Crippen LogP contribution in [-0.2, 0) is 11.2 Å². The van der Waals surface area contributed by atoms with Gasteiger partial charge in [0.2, 0.25) is 5.91 Å². The molecule has 1 amide bonds. The normalized spacial score (nSPS) is 20.0. The maximum absolute atomic E-state index is 12.9. The van der Waals surface area contributed by atoms with Crippen molar-refractivity contribution in [2.45, 2.75) is 25.8 Å². The fourth-order valence-corrected chi connectivity index (χ4v) is 4.02. The molecule has 0 aliphatic carbocycles. The van der Waals surface area contributed by atoms with Gasteiger partial charge in [-0.05, 0) is 37.5 Å². The lowest BCUT2D eigenvalue weighted by molar-refractivity contribution is -0.364. The SMILES string of the molecule is C[C@H]1CCc2ccccc2N1CC(=O)N1CCN(c2cccc[nH+]2)CC1. The van der Waals surface area contributed by atoms with Crippen LogP contribution in [0.2, 0.25) is 0 Å². The molecule has 2 aliphatic rings. The first kappa shape index (κ1) is 16.9. The summed E-state index contributed by atoms with van der Waals surface area (Å²) in [7, 11) is 0. The van der Waals surface area contributed by atoms with E-state index in [0.717, 1.165) is 44.8 Å². The molecule has 5 heteroatoms. The van der Waals surface area contributed by atoms with E-state index in [1.54, 1.807) is 0 Å². The van der Waals surface area contributed by atoms with E-state index in [-0.39, 0.29) is 5.91 Å². The monoisotopic (exact) mass is 351 g/mol. The van der Waals surface area contributed by atoms with Gasteiger partial charge in [0.1, 0.15) is 13.1 Å². The van der Waals surface area contributed by atoms with E-state index in [1.165, 1.54) is 11.3 Å². The number of pyridine rings is 1. The Kier molecular flexibility index (Phi) is 4.78. The number of amides is 1. The lowest BCUT2D eigenvalue weighted by Crippen LogP contribution is -2.53. The van der Waals surface area contributed by atoms with Gasteiger partial charge in [0.25, 0.3) is 5.82 Å². The van der Waals surface area contributed by atoms with Crippen LogP contribution in [0, 0.1) is 0 Å². The standard InChI is InChI=1S/C21H26N4O/c1-17-9-10-18-6-2-3-7-19(18)25(17)16-21(26)24-14-12-23(13-15-24)20-8-4-5-11-22-20/h2-8,11,17H,9-10,12-16H2,1H3/p+1/t17-/m0/s1. The Balaban J connectivity index is 1.39. The van der Waals surface area contributed by atoms with E-state index in [0.29, 0.717) is 12.6 Å². The third kappa shape index (κ3) is 3.39. The number of nitrogens with zero attached hydrogens (tertiary/aromatic N) is 3. The highest BCUT2D eigenvalue weighted by Gasteiger charge is 2.29. The number of carbonyl (C=O) groups excluding carboxylic acids is 1. The highest BCUT2D eigenvalue weighted by atomic mass is 16.2. The maximum atomic E-state index is 12.9. The lowest BCUT2D eigenvalue weighted by Gasteiger charge is -2.38. The summed E-state index contributed by atoms with van der Waals surface area (Å²) in [5.74, 6) is 1.36. The summed E-state index contributed by atoms with van der Waals surface area (Å²) in [5.41, 5.74) is 2.60. The molecule has 1 fully saturated rings. The van der Waals surface area contributed by atoms with Crippen LogP contribution in [0.25, 0.3) is 0 Å². The zero-order valence-electron chi connectivity index (χ0n) is 15.4. The third-order valence-electron chi connectivity index (χ3n) is 5.64.